The van der Waals surface area contributed by atoms with Crippen molar-refractivity contribution in [3.8, 4) is 17.4 Å². The van der Waals surface area contributed by atoms with Gasteiger partial charge in [0.1, 0.15) is 16.0 Å². The van der Waals surface area contributed by atoms with Gasteiger partial charge >= 0.3 is 0 Å². The molecule has 0 spiro atoms. The van der Waals surface area contributed by atoms with Gasteiger partial charge in [-0.15, -0.1) is 11.3 Å². The highest BCUT2D eigenvalue weighted by Crippen LogP contribution is 2.32. The quantitative estimate of drug-likeness (QED) is 0.715. The molecular weight excluding hydrogens is 270 g/mol. The fraction of sp³-hybridized carbons (Fsp3) is 0.267. The maximum atomic E-state index is 5.97. The Balaban J connectivity index is 2.16. The lowest BCUT2D eigenvalue weighted by Crippen LogP contribution is -2.23. The smallest absolute Gasteiger partial charge is 0.236 e. The first-order chi connectivity index (χ1) is 9.53. The predicted molar refractivity (Wildman–Crippen MR) is 81.0 cm³/mol. The molecule has 0 saturated heterocycles. The van der Waals surface area contributed by atoms with E-state index in [1.165, 1.54) is 0 Å². The van der Waals surface area contributed by atoms with Crippen molar-refractivity contribution in [2.24, 2.45) is 0 Å². The van der Waals surface area contributed by atoms with Crippen molar-refractivity contribution in [3.05, 3.63) is 35.8 Å². The van der Waals surface area contributed by atoms with Gasteiger partial charge in [-0.2, -0.15) is 4.98 Å². The number of ether oxygens (including phenoxy) is 1. The Bertz CT molecular complexity index is 732. The second kappa shape index (κ2) is 4.83. The van der Waals surface area contributed by atoms with Gasteiger partial charge in [-0.3, -0.25) is 4.98 Å². The van der Waals surface area contributed by atoms with Crippen LogP contribution in [0, 0.1) is 0 Å². The predicted octanol–water partition coefficient (Wildman–Crippen LogP) is 3.93. The third kappa shape index (κ3) is 2.63. The fourth-order valence-corrected chi connectivity index (χ4v) is 2.56. The summed E-state index contributed by atoms with van der Waals surface area (Å²) in [6.07, 6.45) is 1.74. The molecule has 0 aliphatic carbocycles. The molecule has 0 aromatic carbocycles. The SMILES string of the molecule is CC(C)(C)Oc1nc(-c2ccccn2)nc2ccsc12. The number of hydrogen-bond donors (Lipinski definition) is 0. The van der Waals surface area contributed by atoms with Crippen LogP contribution < -0.4 is 4.74 Å². The van der Waals surface area contributed by atoms with Gasteiger partial charge in [0.15, 0.2) is 5.82 Å². The molecule has 3 aromatic rings. The average Bonchev–Trinajstić information content (AvgIpc) is 2.86. The van der Waals surface area contributed by atoms with Crippen LogP contribution in [0.4, 0.5) is 0 Å². The van der Waals surface area contributed by atoms with E-state index in [9.17, 15) is 0 Å². The minimum Gasteiger partial charge on any atom is -0.471 e. The van der Waals surface area contributed by atoms with Gasteiger partial charge in [0.05, 0.1) is 5.52 Å². The van der Waals surface area contributed by atoms with E-state index in [1.54, 1.807) is 17.5 Å². The van der Waals surface area contributed by atoms with Crippen LogP contribution in [-0.4, -0.2) is 20.6 Å². The number of rotatable bonds is 2. The van der Waals surface area contributed by atoms with Crippen LogP contribution in [0.2, 0.25) is 0 Å². The molecule has 3 heterocycles. The van der Waals surface area contributed by atoms with Gasteiger partial charge in [-0.05, 0) is 44.4 Å². The van der Waals surface area contributed by atoms with E-state index in [1.807, 2.05) is 50.4 Å². The zero-order valence-electron chi connectivity index (χ0n) is 11.6. The second-order valence-corrected chi connectivity index (χ2v) is 6.33. The summed E-state index contributed by atoms with van der Waals surface area (Å²) >= 11 is 1.59. The highest BCUT2D eigenvalue weighted by atomic mass is 32.1. The van der Waals surface area contributed by atoms with Crippen molar-refractivity contribution in [1.29, 1.82) is 0 Å². The second-order valence-electron chi connectivity index (χ2n) is 5.42. The monoisotopic (exact) mass is 285 g/mol. The molecule has 0 unspecified atom stereocenters. The maximum absolute atomic E-state index is 5.97. The first-order valence-corrected chi connectivity index (χ1v) is 7.26. The lowest BCUT2D eigenvalue weighted by molar-refractivity contribution is 0.127. The molecule has 0 atom stereocenters. The molecule has 0 saturated carbocycles. The number of fused-ring (bicyclic) bond motifs is 1. The number of aromatic nitrogens is 3. The Kier molecular flexibility index (Phi) is 3.14. The molecule has 0 amide bonds. The van der Waals surface area contributed by atoms with Crippen LogP contribution in [0.1, 0.15) is 20.8 Å². The van der Waals surface area contributed by atoms with Crippen molar-refractivity contribution in [1.82, 2.24) is 15.0 Å². The third-order valence-electron chi connectivity index (χ3n) is 2.57. The highest BCUT2D eigenvalue weighted by molar-refractivity contribution is 7.17. The van der Waals surface area contributed by atoms with Crippen LogP contribution in [-0.2, 0) is 0 Å². The molecule has 5 heteroatoms. The lowest BCUT2D eigenvalue weighted by atomic mass is 10.2. The van der Waals surface area contributed by atoms with E-state index in [0.29, 0.717) is 11.7 Å². The Hall–Kier alpha value is -2.01. The molecular formula is C15H15N3OS. The summed E-state index contributed by atoms with van der Waals surface area (Å²) in [5.74, 6) is 1.22. The largest absolute Gasteiger partial charge is 0.471 e. The zero-order valence-corrected chi connectivity index (χ0v) is 12.4. The minimum atomic E-state index is -0.299. The molecule has 0 fully saturated rings. The van der Waals surface area contributed by atoms with Crippen LogP contribution in [0.3, 0.4) is 0 Å². The fourth-order valence-electron chi connectivity index (χ4n) is 1.81. The number of nitrogens with zero attached hydrogens (tertiary/aromatic N) is 3. The average molecular weight is 285 g/mol. The van der Waals surface area contributed by atoms with E-state index < -0.39 is 0 Å². The molecule has 0 bridgehead atoms. The van der Waals surface area contributed by atoms with Crippen LogP contribution in [0.15, 0.2) is 35.8 Å². The van der Waals surface area contributed by atoms with Crippen molar-refractivity contribution in [2.45, 2.75) is 26.4 Å². The Morgan fingerprint density at radius 2 is 1.95 bits per heavy atom. The van der Waals surface area contributed by atoms with Crippen molar-refractivity contribution >= 4 is 21.6 Å². The van der Waals surface area contributed by atoms with E-state index in [2.05, 4.69) is 15.0 Å². The number of pyridine rings is 1. The molecule has 3 rings (SSSR count). The first-order valence-electron chi connectivity index (χ1n) is 6.38. The van der Waals surface area contributed by atoms with E-state index in [0.717, 1.165) is 15.9 Å². The molecule has 0 N–H and O–H groups in total. The number of hydrogen-bond acceptors (Lipinski definition) is 5. The van der Waals surface area contributed by atoms with Crippen LogP contribution in [0.5, 0.6) is 5.88 Å². The third-order valence-corrected chi connectivity index (χ3v) is 3.46. The summed E-state index contributed by atoms with van der Waals surface area (Å²) < 4.78 is 6.94. The van der Waals surface area contributed by atoms with E-state index in [4.69, 9.17) is 4.74 Å². The Morgan fingerprint density at radius 3 is 2.65 bits per heavy atom. The Morgan fingerprint density at radius 1 is 1.10 bits per heavy atom. The Labute approximate surface area is 121 Å². The summed E-state index contributed by atoms with van der Waals surface area (Å²) in [6.45, 7) is 6.03. The normalized spacial score (nSPS) is 11.8. The number of thiophene rings is 1. The molecule has 4 nitrogen and oxygen atoms in total. The van der Waals surface area contributed by atoms with Crippen molar-refractivity contribution in [2.75, 3.05) is 0 Å². The van der Waals surface area contributed by atoms with Gasteiger partial charge in [-0.1, -0.05) is 6.07 Å². The first kappa shape index (κ1) is 13.0. The molecule has 20 heavy (non-hydrogen) atoms. The van der Waals surface area contributed by atoms with Gasteiger partial charge in [0.2, 0.25) is 5.88 Å². The van der Waals surface area contributed by atoms with Crippen molar-refractivity contribution < 1.29 is 4.74 Å². The van der Waals surface area contributed by atoms with Gasteiger partial charge in [0, 0.05) is 6.20 Å². The van der Waals surface area contributed by atoms with E-state index in [-0.39, 0.29) is 5.60 Å². The van der Waals surface area contributed by atoms with Crippen molar-refractivity contribution in [3.63, 3.8) is 0 Å². The van der Waals surface area contributed by atoms with Gasteiger partial charge in [0.25, 0.3) is 0 Å². The molecule has 0 aliphatic heterocycles. The minimum absolute atomic E-state index is 0.299. The maximum Gasteiger partial charge on any atom is 0.236 e. The summed E-state index contributed by atoms with van der Waals surface area (Å²) in [6, 6.07) is 7.67. The topological polar surface area (TPSA) is 47.9 Å². The highest BCUT2D eigenvalue weighted by Gasteiger charge is 2.18. The zero-order chi connectivity index (χ0) is 14.2. The molecule has 0 radical (unpaired) electrons. The molecule has 0 aliphatic rings. The van der Waals surface area contributed by atoms with Gasteiger partial charge in [-0.25, -0.2) is 4.98 Å². The van der Waals surface area contributed by atoms with Crippen LogP contribution in [0.25, 0.3) is 21.7 Å². The standard InChI is InChI=1S/C15H15N3OS/c1-15(2,3)19-14-12-10(7-9-20-12)17-13(18-14)11-6-4-5-8-16-11/h4-9H,1-3H3. The molecule has 102 valence electrons. The summed E-state index contributed by atoms with van der Waals surface area (Å²) in [5.41, 5.74) is 1.34. The van der Waals surface area contributed by atoms with E-state index >= 15 is 0 Å². The van der Waals surface area contributed by atoms with Crippen LogP contribution >= 0.6 is 11.3 Å². The summed E-state index contributed by atoms with van der Waals surface area (Å²) in [7, 11) is 0. The summed E-state index contributed by atoms with van der Waals surface area (Å²) in [5, 5.41) is 2.00. The molecule has 3 aromatic heterocycles. The lowest BCUT2D eigenvalue weighted by Gasteiger charge is -2.20. The summed E-state index contributed by atoms with van der Waals surface area (Å²) in [4.78, 5) is 13.4. The van der Waals surface area contributed by atoms with Gasteiger partial charge < -0.3 is 4.74 Å².